The zero-order valence-electron chi connectivity index (χ0n) is 6.98. The van der Waals surface area contributed by atoms with Crippen LogP contribution >= 0.6 is 34.9 Å². The molecule has 2 N–H and O–H groups in total. The Labute approximate surface area is 84.5 Å². The summed E-state index contributed by atoms with van der Waals surface area (Å²) in [6, 6.07) is 0. The lowest BCUT2D eigenvalue weighted by Gasteiger charge is -2.02. The van der Waals surface area contributed by atoms with Gasteiger partial charge in [0.2, 0.25) is 0 Å². The Morgan fingerprint density at radius 3 is 2.67 bits per heavy atom. The molecular formula is C6H11N3S3. The summed E-state index contributed by atoms with van der Waals surface area (Å²) in [5.74, 6) is 0. The van der Waals surface area contributed by atoms with Crippen LogP contribution < -0.4 is 5.73 Å². The Kier molecular flexibility index (Phi) is 4.34. The third kappa shape index (κ3) is 2.93. The van der Waals surface area contributed by atoms with Gasteiger partial charge in [-0.1, -0.05) is 41.8 Å². The number of hydrogen-bond donors (Lipinski definition) is 1. The maximum absolute atomic E-state index is 5.49. The van der Waals surface area contributed by atoms with Crippen molar-refractivity contribution >= 4 is 34.9 Å². The molecule has 1 rings (SSSR count). The summed E-state index contributed by atoms with van der Waals surface area (Å²) in [4.78, 5) is 0. The van der Waals surface area contributed by atoms with Gasteiger partial charge in [0.15, 0.2) is 8.68 Å². The van der Waals surface area contributed by atoms with E-state index in [1.54, 1.807) is 34.9 Å². The molecule has 1 aromatic rings. The first-order chi connectivity index (χ1) is 5.76. The van der Waals surface area contributed by atoms with E-state index in [-0.39, 0.29) is 0 Å². The Morgan fingerprint density at radius 2 is 2.17 bits per heavy atom. The second kappa shape index (κ2) is 5.06. The van der Waals surface area contributed by atoms with Gasteiger partial charge in [-0.25, -0.2) is 0 Å². The highest BCUT2D eigenvalue weighted by Gasteiger charge is 2.07. The molecule has 1 atom stereocenters. The molecule has 68 valence electrons. The van der Waals surface area contributed by atoms with Gasteiger partial charge in [-0.2, -0.15) is 0 Å². The van der Waals surface area contributed by atoms with Crippen molar-refractivity contribution in [1.82, 2.24) is 10.2 Å². The van der Waals surface area contributed by atoms with Gasteiger partial charge in [0.1, 0.15) is 0 Å². The molecule has 0 saturated carbocycles. The van der Waals surface area contributed by atoms with E-state index in [1.165, 1.54) is 0 Å². The van der Waals surface area contributed by atoms with E-state index < -0.39 is 0 Å². The number of aromatic nitrogens is 2. The number of rotatable bonds is 4. The van der Waals surface area contributed by atoms with E-state index in [0.717, 1.165) is 8.68 Å². The average molecular weight is 221 g/mol. The fourth-order valence-corrected chi connectivity index (χ4v) is 3.16. The SMILES string of the molecule is CSc1nnc(SC(C)CN)s1. The second-order valence-corrected chi connectivity index (χ2v) is 5.92. The van der Waals surface area contributed by atoms with Crippen LogP contribution in [-0.2, 0) is 0 Å². The fourth-order valence-electron chi connectivity index (χ4n) is 0.548. The van der Waals surface area contributed by atoms with Crippen molar-refractivity contribution in [3.63, 3.8) is 0 Å². The Morgan fingerprint density at radius 1 is 1.50 bits per heavy atom. The highest BCUT2D eigenvalue weighted by atomic mass is 32.2. The summed E-state index contributed by atoms with van der Waals surface area (Å²) in [5.41, 5.74) is 5.49. The van der Waals surface area contributed by atoms with Crippen molar-refractivity contribution in [2.75, 3.05) is 12.8 Å². The molecule has 6 heteroatoms. The van der Waals surface area contributed by atoms with Gasteiger partial charge in [0, 0.05) is 11.8 Å². The summed E-state index contributed by atoms with van der Waals surface area (Å²) in [7, 11) is 0. The number of nitrogens with zero attached hydrogens (tertiary/aromatic N) is 2. The van der Waals surface area contributed by atoms with Gasteiger partial charge >= 0.3 is 0 Å². The molecular weight excluding hydrogens is 210 g/mol. The molecule has 0 aliphatic heterocycles. The summed E-state index contributed by atoms with van der Waals surface area (Å²) < 4.78 is 2.03. The summed E-state index contributed by atoms with van der Waals surface area (Å²) in [5, 5.41) is 8.45. The van der Waals surface area contributed by atoms with Crippen LogP contribution in [0.2, 0.25) is 0 Å². The van der Waals surface area contributed by atoms with E-state index in [1.807, 2.05) is 6.26 Å². The van der Waals surface area contributed by atoms with Crippen molar-refractivity contribution in [2.24, 2.45) is 5.73 Å². The van der Waals surface area contributed by atoms with Crippen LogP contribution in [0.4, 0.5) is 0 Å². The topological polar surface area (TPSA) is 51.8 Å². The summed E-state index contributed by atoms with van der Waals surface area (Å²) >= 11 is 4.94. The fraction of sp³-hybridized carbons (Fsp3) is 0.667. The Balaban J connectivity index is 2.52. The van der Waals surface area contributed by atoms with Crippen molar-refractivity contribution < 1.29 is 0 Å². The van der Waals surface area contributed by atoms with E-state index in [0.29, 0.717) is 11.8 Å². The van der Waals surface area contributed by atoms with Gasteiger partial charge < -0.3 is 5.73 Å². The van der Waals surface area contributed by atoms with Crippen LogP contribution in [0.3, 0.4) is 0 Å². The summed E-state index contributed by atoms with van der Waals surface area (Å²) in [6.45, 7) is 2.77. The highest BCUT2D eigenvalue weighted by Crippen LogP contribution is 2.29. The molecule has 0 amide bonds. The number of hydrogen-bond acceptors (Lipinski definition) is 6. The number of nitrogens with two attached hydrogens (primary N) is 1. The second-order valence-electron chi connectivity index (χ2n) is 2.20. The van der Waals surface area contributed by atoms with Crippen LogP contribution in [0.25, 0.3) is 0 Å². The van der Waals surface area contributed by atoms with Crippen LogP contribution in [-0.4, -0.2) is 28.2 Å². The number of thioether (sulfide) groups is 2. The largest absolute Gasteiger partial charge is 0.329 e. The minimum Gasteiger partial charge on any atom is -0.329 e. The van der Waals surface area contributed by atoms with Crippen molar-refractivity contribution in [1.29, 1.82) is 0 Å². The molecule has 3 nitrogen and oxygen atoms in total. The van der Waals surface area contributed by atoms with Gasteiger partial charge in [-0.05, 0) is 6.26 Å². The molecule has 0 bridgehead atoms. The molecule has 0 fully saturated rings. The van der Waals surface area contributed by atoms with Gasteiger partial charge in [-0.3, -0.25) is 0 Å². The van der Waals surface area contributed by atoms with E-state index in [9.17, 15) is 0 Å². The molecule has 12 heavy (non-hydrogen) atoms. The molecule has 0 radical (unpaired) electrons. The van der Waals surface area contributed by atoms with Gasteiger partial charge in [0.05, 0.1) is 0 Å². The van der Waals surface area contributed by atoms with Crippen LogP contribution in [0, 0.1) is 0 Å². The lowest BCUT2D eigenvalue weighted by molar-refractivity contribution is 0.927. The standard InChI is InChI=1S/C6H11N3S3/c1-4(3-7)11-6-9-8-5(10-2)12-6/h4H,3,7H2,1-2H3. The van der Waals surface area contributed by atoms with Crippen molar-refractivity contribution in [3.05, 3.63) is 0 Å². The zero-order valence-corrected chi connectivity index (χ0v) is 9.43. The average Bonchev–Trinajstić information content (AvgIpc) is 2.52. The van der Waals surface area contributed by atoms with Crippen LogP contribution in [0.1, 0.15) is 6.92 Å². The minimum absolute atomic E-state index is 0.424. The zero-order chi connectivity index (χ0) is 8.97. The van der Waals surface area contributed by atoms with Gasteiger partial charge in [0.25, 0.3) is 0 Å². The lowest BCUT2D eigenvalue weighted by Crippen LogP contribution is -2.11. The molecule has 0 aromatic carbocycles. The Hall–Kier alpha value is 0.220. The van der Waals surface area contributed by atoms with E-state index in [2.05, 4.69) is 17.1 Å². The molecule has 0 aliphatic rings. The third-order valence-electron chi connectivity index (χ3n) is 1.20. The Bertz CT molecular complexity index is 238. The monoisotopic (exact) mass is 221 g/mol. The minimum atomic E-state index is 0.424. The van der Waals surface area contributed by atoms with Crippen molar-refractivity contribution in [2.45, 2.75) is 20.9 Å². The maximum Gasteiger partial charge on any atom is 0.175 e. The third-order valence-corrected chi connectivity index (χ3v) is 4.31. The molecule has 1 heterocycles. The van der Waals surface area contributed by atoms with Crippen molar-refractivity contribution in [3.8, 4) is 0 Å². The first kappa shape index (κ1) is 10.3. The predicted molar refractivity (Wildman–Crippen MR) is 56.1 cm³/mol. The molecule has 1 aromatic heterocycles. The highest BCUT2D eigenvalue weighted by molar-refractivity contribution is 8.03. The van der Waals surface area contributed by atoms with Crippen LogP contribution in [0.15, 0.2) is 8.68 Å². The quantitative estimate of drug-likeness (QED) is 0.784. The molecule has 0 aliphatic carbocycles. The first-order valence-corrected chi connectivity index (χ1v) is 6.42. The van der Waals surface area contributed by atoms with Gasteiger partial charge in [-0.15, -0.1) is 10.2 Å². The predicted octanol–water partition coefficient (Wildman–Crippen LogP) is 1.70. The smallest absolute Gasteiger partial charge is 0.175 e. The molecule has 0 spiro atoms. The van der Waals surface area contributed by atoms with E-state index >= 15 is 0 Å². The lowest BCUT2D eigenvalue weighted by atomic mass is 10.5. The normalized spacial score (nSPS) is 13.2. The van der Waals surface area contributed by atoms with E-state index in [4.69, 9.17) is 5.73 Å². The van der Waals surface area contributed by atoms with Crippen LogP contribution in [0.5, 0.6) is 0 Å². The molecule has 0 saturated heterocycles. The summed E-state index contributed by atoms with van der Waals surface area (Å²) in [6.07, 6.45) is 2.00. The molecule has 1 unspecified atom stereocenters. The maximum atomic E-state index is 5.49. The first-order valence-electron chi connectivity index (χ1n) is 3.50.